The SMILES string of the molecule is CCCCCCCCCCCCCCCCCCCCCCCCCCCCCCCCCCCC(=O)OCC(COC(=O)CCCCCCCC)OC(=O)CCCCCCCCCCCCCCCCCCCCCCCC. The van der Waals surface area contributed by atoms with Crippen LogP contribution in [-0.4, -0.2) is 37.2 Å². The Balaban J connectivity index is 3.89. The molecule has 0 saturated heterocycles. The highest BCUT2D eigenvalue weighted by Crippen LogP contribution is 2.20. The summed E-state index contributed by atoms with van der Waals surface area (Å²) in [6.07, 6.45) is 82.0. The summed E-state index contributed by atoms with van der Waals surface area (Å²) >= 11 is 0. The van der Waals surface area contributed by atoms with E-state index in [2.05, 4.69) is 20.8 Å². The molecule has 0 aliphatic carbocycles. The largest absolute Gasteiger partial charge is 0.462 e. The van der Waals surface area contributed by atoms with Crippen LogP contribution in [0.4, 0.5) is 0 Å². The van der Waals surface area contributed by atoms with E-state index in [1.165, 1.54) is 334 Å². The Hall–Kier alpha value is -1.59. The number of unbranched alkanes of at least 4 members (excludes halogenated alkanes) is 58. The molecule has 0 aromatic carbocycles. The van der Waals surface area contributed by atoms with Crippen molar-refractivity contribution in [3.05, 3.63) is 0 Å². The molecule has 0 heterocycles. The number of rotatable bonds is 69. The van der Waals surface area contributed by atoms with Crippen LogP contribution in [0.15, 0.2) is 0 Å². The van der Waals surface area contributed by atoms with Crippen LogP contribution in [0.2, 0.25) is 0 Å². The van der Waals surface area contributed by atoms with Gasteiger partial charge in [0, 0.05) is 19.3 Å². The topological polar surface area (TPSA) is 78.9 Å². The zero-order valence-corrected chi connectivity index (χ0v) is 54.2. The first-order valence-electron chi connectivity index (χ1n) is 36.5. The normalized spacial score (nSPS) is 11.9. The van der Waals surface area contributed by atoms with Gasteiger partial charge in [0.1, 0.15) is 13.2 Å². The third kappa shape index (κ3) is 67.1. The third-order valence-corrected chi connectivity index (χ3v) is 17.1. The molecule has 0 amide bonds. The maximum absolute atomic E-state index is 12.9. The molecule has 79 heavy (non-hydrogen) atoms. The molecule has 6 heteroatoms. The predicted molar refractivity (Wildman–Crippen MR) is 344 cm³/mol. The van der Waals surface area contributed by atoms with Crippen molar-refractivity contribution in [1.82, 2.24) is 0 Å². The zero-order chi connectivity index (χ0) is 57.1. The third-order valence-electron chi connectivity index (χ3n) is 17.1. The fourth-order valence-electron chi connectivity index (χ4n) is 11.6. The molecule has 0 saturated carbocycles. The molecule has 0 fully saturated rings. The molecule has 470 valence electrons. The summed E-state index contributed by atoms with van der Waals surface area (Å²) in [5.41, 5.74) is 0. The molecule has 0 spiro atoms. The number of hydrogen-bond acceptors (Lipinski definition) is 6. The van der Waals surface area contributed by atoms with Crippen LogP contribution in [0.25, 0.3) is 0 Å². The van der Waals surface area contributed by atoms with Gasteiger partial charge >= 0.3 is 17.9 Å². The van der Waals surface area contributed by atoms with Crippen LogP contribution < -0.4 is 0 Å². The number of hydrogen-bond donors (Lipinski definition) is 0. The van der Waals surface area contributed by atoms with E-state index < -0.39 is 6.10 Å². The summed E-state index contributed by atoms with van der Waals surface area (Å²) in [4.78, 5) is 38.1. The van der Waals surface area contributed by atoms with E-state index >= 15 is 0 Å². The number of esters is 3. The second-order valence-corrected chi connectivity index (χ2v) is 25.2. The highest BCUT2D eigenvalue weighted by Gasteiger charge is 2.20. The number of ether oxygens (including phenoxy) is 3. The Kier molecular flexibility index (Phi) is 67.5. The van der Waals surface area contributed by atoms with Crippen molar-refractivity contribution < 1.29 is 28.6 Å². The Labute approximate surface area is 495 Å². The summed E-state index contributed by atoms with van der Waals surface area (Å²) in [6, 6.07) is 0. The van der Waals surface area contributed by atoms with Crippen LogP contribution in [0.5, 0.6) is 0 Å². The molecule has 1 atom stereocenters. The van der Waals surface area contributed by atoms with E-state index in [1.54, 1.807) is 0 Å². The zero-order valence-electron chi connectivity index (χ0n) is 54.2. The molecular formula is C73H142O6. The van der Waals surface area contributed by atoms with Crippen LogP contribution in [0.1, 0.15) is 432 Å². The molecular weight excluding hydrogens is 973 g/mol. The molecule has 0 rings (SSSR count). The van der Waals surface area contributed by atoms with Gasteiger partial charge in [0.15, 0.2) is 6.10 Å². The lowest BCUT2D eigenvalue weighted by atomic mass is 10.0. The smallest absolute Gasteiger partial charge is 0.306 e. The minimum Gasteiger partial charge on any atom is -0.462 e. The minimum atomic E-state index is -0.761. The Morgan fingerprint density at radius 3 is 0.506 bits per heavy atom. The molecule has 0 radical (unpaired) electrons. The van der Waals surface area contributed by atoms with Crippen molar-refractivity contribution in [3.63, 3.8) is 0 Å². The molecule has 6 nitrogen and oxygen atoms in total. The van der Waals surface area contributed by atoms with Gasteiger partial charge in [-0.05, 0) is 19.3 Å². The van der Waals surface area contributed by atoms with Gasteiger partial charge in [0.25, 0.3) is 0 Å². The second-order valence-electron chi connectivity index (χ2n) is 25.2. The molecule has 0 aliphatic heterocycles. The van der Waals surface area contributed by atoms with Crippen molar-refractivity contribution in [2.75, 3.05) is 13.2 Å². The van der Waals surface area contributed by atoms with Gasteiger partial charge in [0.2, 0.25) is 0 Å². The number of carbonyl (C=O) groups excluding carboxylic acids is 3. The first-order valence-corrected chi connectivity index (χ1v) is 36.5. The lowest BCUT2D eigenvalue weighted by molar-refractivity contribution is -0.167. The fraction of sp³-hybridized carbons (Fsp3) is 0.959. The highest BCUT2D eigenvalue weighted by atomic mass is 16.6. The van der Waals surface area contributed by atoms with Gasteiger partial charge in [-0.2, -0.15) is 0 Å². The quantitative estimate of drug-likeness (QED) is 0.0343. The van der Waals surface area contributed by atoms with E-state index in [-0.39, 0.29) is 31.1 Å². The van der Waals surface area contributed by atoms with Crippen LogP contribution in [-0.2, 0) is 28.6 Å². The molecule has 0 aliphatic rings. The van der Waals surface area contributed by atoms with E-state index in [4.69, 9.17) is 14.2 Å². The summed E-state index contributed by atoms with van der Waals surface area (Å²) in [7, 11) is 0. The minimum absolute atomic E-state index is 0.0616. The monoisotopic (exact) mass is 1120 g/mol. The Morgan fingerprint density at radius 2 is 0.342 bits per heavy atom. The Bertz CT molecular complexity index is 1190. The van der Waals surface area contributed by atoms with E-state index in [0.29, 0.717) is 19.3 Å². The highest BCUT2D eigenvalue weighted by molar-refractivity contribution is 5.71. The average Bonchev–Trinajstić information content (AvgIpc) is 3.45. The van der Waals surface area contributed by atoms with Crippen molar-refractivity contribution in [2.45, 2.75) is 438 Å². The molecule has 0 aromatic heterocycles. The van der Waals surface area contributed by atoms with Gasteiger partial charge in [-0.3, -0.25) is 14.4 Å². The summed E-state index contributed by atoms with van der Waals surface area (Å²) in [5.74, 6) is -0.837. The van der Waals surface area contributed by atoms with Gasteiger partial charge in [-0.15, -0.1) is 0 Å². The molecule has 1 unspecified atom stereocenters. The van der Waals surface area contributed by atoms with Crippen LogP contribution >= 0.6 is 0 Å². The van der Waals surface area contributed by atoms with E-state index in [1.807, 2.05) is 0 Å². The summed E-state index contributed by atoms with van der Waals surface area (Å²) in [5, 5.41) is 0. The summed E-state index contributed by atoms with van der Waals surface area (Å²) < 4.78 is 16.9. The standard InChI is InChI=1S/C73H142O6/c1-4-7-10-13-16-18-20-22-24-26-28-30-32-33-34-35-36-37-38-39-40-41-42-44-45-47-49-51-53-55-57-60-63-66-72(75)78-69-70(68-77-71(74)65-62-59-15-12-9-6-3)79-73(76)67-64-61-58-56-54-52-50-48-46-43-31-29-27-25-23-21-19-17-14-11-8-5-2/h70H,4-69H2,1-3H3. The van der Waals surface area contributed by atoms with Gasteiger partial charge in [-0.25, -0.2) is 0 Å². The van der Waals surface area contributed by atoms with Crippen LogP contribution in [0.3, 0.4) is 0 Å². The van der Waals surface area contributed by atoms with Crippen molar-refractivity contribution >= 4 is 17.9 Å². The first-order chi connectivity index (χ1) is 39.0. The first kappa shape index (κ1) is 77.4. The van der Waals surface area contributed by atoms with Crippen molar-refractivity contribution in [1.29, 1.82) is 0 Å². The average molecular weight is 1120 g/mol. The Morgan fingerprint density at radius 1 is 0.203 bits per heavy atom. The van der Waals surface area contributed by atoms with Crippen molar-refractivity contribution in [3.8, 4) is 0 Å². The van der Waals surface area contributed by atoms with Gasteiger partial charge < -0.3 is 14.2 Å². The fourth-order valence-corrected chi connectivity index (χ4v) is 11.6. The maximum atomic E-state index is 12.9. The van der Waals surface area contributed by atoms with Crippen LogP contribution in [0, 0.1) is 0 Å². The van der Waals surface area contributed by atoms with Gasteiger partial charge in [0.05, 0.1) is 0 Å². The predicted octanol–water partition coefficient (Wildman–Crippen LogP) is 25.0. The lowest BCUT2D eigenvalue weighted by Crippen LogP contribution is -2.30. The number of carbonyl (C=O) groups is 3. The maximum Gasteiger partial charge on any atom is 0.306 e. The van der Waals surface area contributed by atoms with Crippen molar-refractivity contribution in [2.24, 2.45) is 0 Å². The molecule has 0 aromatic rings. The van der Waals surface area contributed by atoms with Gasteiger partial charge in [-0.1, -0.05) is 393 Å². The summed E-state index contributed by atoms with van der Waals surface area (Å²) in [6.45, 7) is 6.68. The molecule has 0 bridgehead atoms. The van der Waals surface area contributed by atoms with E-state index in [9.17, 15) is 14.4 Å². The second kappa shape index (κ2) is 68.9. The lowest BCUT2D eigenvalue weighted by Gasteiger charge is -2.18. The van der Waals surface area contributed by atoms with E-state index in [0.717, 1.165) is 57.8 Å². The molecule has 0 N–H and O–H groups in total.